The largest absolute Gasteiger partial charge is 0.480 e. The van der Waals surface area contributed by atoms with E-state index in [1.54, 1.807) is 11.8 Å². The Morgan fingerprint density at radius 2 is 2.16 bits per heavy atom. The smallest absolute Gasteiger partial charge is 0.326 e. The number of urea groups is 1. The van der Waals surface area contributed by atoms with Gasteiger partial charge >= 0.3 is 12.0 Å². The third-order valence-corrected chi connectivity index (χ3v) is 4.57. The van der Waals surface area contributed by atoms with Crippen LogP contribution in [0.5, 0.6) is 0 Å². The van der Waals surface area contributed by atoms with Crippen LogP contribution in [-0.2, 0) is 4.79 Å². The van der Waals surface area contributed by atoms with Gasteiger partial charge in [-0.1, -0.05) is 19.8 Å². The van der Waals surface area contributed by atoms with Crippen molar-refractivity contribution in [1.29, 1.82) is 0 Å². The lowest BCUT2D eigenvalue weighted by Crippen LogP contribution is -2.49. The number of nitrogens with zero attached hydrogens (tertiary/aromatic N) is 1. The fourth-order valence-corrected chi connectivity index (χ4v) is 2.56. The zero-order valence-corrected chi connectivity index (χ0v) is 12.5. The number of thioether (sulfide) groups is 1. The monoisotopic (exact) mass is 288 g/mol. The van der Waals surface area contributed by atoms with Crippen LogP contribution in [0.3, 0.4) is 0 Å². The molecule has 0 aromatic carbocycles. The Bertz CT molecular complexity index is 312. The molecule has 2 amide bonds. The lowest BCUT2D eigenvalue weighted by Gasteiger charge is -2.27. The van der Waals surface area contributed by atoms with Gasteiger partial charge in [-0.3, -0.25) is 0 Å². The van der Waals surface area contributed by atoms with Crippen LogP contribution in [0.2, 0.25) is 0 Å². The Morgan fingerprint density at radius 1 is 1.42 bits per heavy atom. The van der Waals surface area contributed by atoms with Crippen LogP contribution < -0.4 is 5.32 Å². The van der Waals surface area contributed by atoms with E-state index in [2.05, 4.69) is 12.2 Å². The molecule has 1 aliphatic rings. The second kappa shape index (κ2) is 8.30. The van der Waals surface area contributed by atoms with E-state index in [9.17, 15) is 14.7 Å². The molecule has 1 rings (SSSR count). The van der Waals surface area contributed by atoms with Crippen molar-refractivity contribution < 1.29 is 14.7 Å². The number of carboxylic acid groups (broad SMARTS) is 1. The minimum Gasteiger partial charge on any atom is -0.480 e. The van der Waals surface area contributed by atoms with Gasteiger partial charge in [0.2, 0.25) is 0 Å². The molecular formula is C13H24N2O3S. The first kappa shape index (κ1) is 16.1. The maximum atomic E-state index is 12.1. The Morgan fingerprint density at radius 3 is 2.79 bits per heavy atom. The van der Waals surface area contributed by atoms with Crippen molar-refractivity contribution in [3.8, 4) is 0 Å². The summed E-state index contributed by atoms with van der Waals surface area (Å²) in [6.07, 6.45) is 6.27. The Hall–Kier alpha value is -0.910. The predicted molar refractivity (Wildman–Crippen MR) is 77.6 cm³/mol. The molecular weight excluding hydrogens is 264 g/mol. The Balaban J connectivity index is 2.49. The molecule has 0 radical (unpaired) electrons. The molecule has 2 N–H and O–H groups in total. The summed E-state index contributed by atoms with van der Waals surface area (Å²) in [5.74, 6) is -0.894. The molecule has 0 aromatic heterocycles. The zero-order valence-electron chi connectivity index (χ0n) is 11.7. The number of rotatable bonds is 5. The molecule has 2 unspecified atom stereocenters. The maximum absolute atomic E-state index is 12.1. The third kappa shape index (κ3) is 5.30. The Labute approximate surface area is 119 Å². The molecule has 0 aliphatic carbocycles. The second-order valence-corrected chi connectivity index (χ2v) is 6.24. The molecule has 0 spiro atoms. The van der Waals surface area contributed by atoms with Crippen LogP contribution in [0.25, 0.3) is 0 Å². The number of carbonyl (C=O) groups is 2. The van der Waals surface area contributed by atoms with Gasteiger partial charge < -0.3 is 15.3 Å². The molecule has 5 nitrogen and oxygen atoms in total. The molecule has 0 aromatic rings. The molecule has 0 saturated carbocycles. The number of hydrogen-bond donors (Lipinski definition) is 2. The van der Waals surface area contributed by atoms with Crippen molar-refractivity contribution in [2.75, 3.05) is 19.3 Å². The summed E-state index contributed by atoms with van der Waals surface area (Å²) >= 11 is 1.76. The first-order valence-corrected chi connectivity index (χ1v) is 8.15. The third-order valence-electron chi connectivity index (χ3n) is 3.53. The number of aliphatic carboxylic acids is 1. The zero-order chi connectivity index (χ0) is 14.3. The molecule has 1 fully saturated rings. The van der Waals surface area contributed by atoms with Crippen LogP contribution >= 0.6 is 11.8 Å². The van der Waals surface area contributed by atoms with E-state index < -0.39 is 12.0 Å². The van der Waals surface area contributed by atoms with Gasteiger partial charge in [0.25, 0.3) is 0 Å². The van der Waals surface area contributed by atoms with Gasteiger partial charge in [0.05, 0.1) is 0 Å². The maximum Gasteiger partial charge on any atom is 0.326 e. The van der Waals surface area contributed by atoms with Gasteiger partial charge in [-0.2, -0.15) is 11.8 Å². The predicted octanol–water partition coefficient (Wildman–Crippen LogP) is 2.17. The van der Waals surface area contributed by atoms with Crippen molar-refractivity contribution >= 4 is 23.8 Å². The molecule has 1 heterocycles. The van der Waals surface area contributed by atoms with Gasteiger partial charge in [0.15, 0.2) is 0 Å². The van der Waals surface area contributed by atoms with Crippen LogP contribution in [0.15, 0.2) is 0 Å². The lowest BCUT2D eigenvalue weighted by molar-refractivity contribution is -0.142. The highest BCUT2D eigenvalue weighted by atomic mass is 32.2. The fraction of sp³-hybridized carbons (Fsp3) is 0.846. The highest BCUT2D eigenvalue weighted by Gasteiger charge is 2.30. The standard InChI is InChI=1S/C13H24N2O3S/c1-10(19-2)7-8-14-13(18)15-9-5-3-4-6-11(15)12(16)17/h10-11H,3-9H2,1-2H3,(H,14,18)(H,16,17). The van der Waals surface area contributed by atoms with Gasteiger partial charge in [-0.25, -0.2) is 9.59 Å². The lowest BCUT2D eigenvalue weighted by atomic mass is 10.1. The number of hydrogen-bond acceptors (Lipinski definition) is 3. The molecule has 19 heavy (non-hydrogen) atoms. The van der Waals surface area contributed by atoms with Crippen molar-refractivity contribution in [2.45, 2.75) is 50.3 Å². The van der Waals surface area contributed by atoms with Crippen molar-refractivity contribution in [1.82, 2.24) is 10.2 Å². The van der Waals surface area contributed by atoms with Crippen molar-refractivity contribution in [3.63, 3.8) is 0 Å². The van der Waals surface area contributed by atoms with Crippen LogP contribution in [0.4, 0.5) is 4.79 Å². The topological polar surface area (TPSA) is 69.6 Å². The summed E-state index contributed by atoms with van der Waals surface area (Å²) in [7, 11) is 0. The van der Waals surface area contributed by atoms with Crippen LogP contribution in [-0.4, -0.2) is 52.6 Å². The van der Waals surface area contributed by atoms with E-state index in [-0.39, 0.29) is 6.03 Å². The first-order valence-electron chi connectivity index (χ1n) is 6.86. The molecule has 2 atom stereocenters. The molecule has 1 aliphatic heterocycles. The highest BCUT2D eigenvalue weighted by Crippen LogP contribution is 2.17. The van der Waals surface area contributed by atoms with Crippen molar-refractivity contribution in [2.24, 2.45) is 0 Å². The van der Waals surface area contributed by atoms with E-state index in [1.165, 1.54) is 4.90 Å². The van der Waals surface area contributed by atoms with Gasteiger partial charge in [-0.15, -0.1) is 0 Å². The number of nitrogens with one attached hydrogen (secondary N) is 1. The number of amides is 2. The molecule has 6 heteroatoms. The quantitative estimate of drug-likeness (QED) is 0.813. The molecule has 1 saturated heterocycles. The van der Waals surface area contributed by atoms with Crippen LogP contribution in [0, 0.1) is 0 Å². The summed E-state index contributed by atoms with van der Waals surface area (Å²) in [5.41, 5.74) is 0. The molecule has 110 valence electrons. The summed E-state index contributed by atoms with van der Waals surface area (Å²) in [6.45, 7) is 3.26. The fourth-order valence-electron chi connectivity index (χ4n) is 2.21. The number of likely N-dealkylation sites (tertiary alicyclic amines) is 1. The van der Waals surface area contributed by atoms with Gasteiger partial charge in [0, 0.05) is 18.3 Å². The normalized spacial score (nSPS) is 21.6. The summed E-state index contributed by atoms with van der Waals surface area (Å²) in [6, 6.07) is -0.900. The minimum absolute atomic E-state index is 0.234. The number of carbonyl (C=O) groups excluding carboxylic acids is 1. The highest BCUT2D eigenvalue weighted by molar-refractivity contribution is 7.99. The van der Waals surface area contributed by atoms with Gasteiger partial charge in [0.1, 0.15) is 6.04 Å². The van der Waals surface area contributed by atoms with Crippen molar-refractivity contribution in [3.05, 3.63) is 0 Å². The average Bonchev–Trinajstić information content (AvgIpc) is 2.63. The number of carboxylic acids is 1. The van der Waals surface area contributed by atoms with Crippen LogP contribution in [0.1, 0.15) is 39.0 Å². The summed E-state index contributed by atoms with van der Waals surface area (Å²) in [5, 5.41) is 12.5. The summed E-state index contributed by atoms with van der Waals surface area (Å²) in [4.78, 5) is 24.8. The SMILES string of the molecule is CSC(C)CCNC(=O)N1CCCCCC1C(=O)O. The summed E-state index contributed by atoms with van der Waals surface area (Å²) < 4.78 is 0. The second-order valence-electron chi connectivity index (χ2n) is 4.96. The molecule has 0 bridgehead atoms. The van der Waals surface area contributed by atoms with E-state index in [0.29, 0.717) is 24.8 Å². The van der Waals surface area contributed by atoms with E-state index in [0.717, 1.165) is 25.7 Å². The Kier molecular flexibility index (Phi) is 7.05. The van der Waals surface area contributed by atoms with E-state index in [4.69, 9.17) is 0 Å². The van der Waals surface area contributed by atoms with E-state index >= 15 is 0 Å². The average molecular weight is 288 g/mol. The van der Waals surface area contributed by atoms with Gasteiger partial charge in [-0.05, 0) is 25.5 Å². The first-order chi connectivity index (χ1) is 9.06. The van der Waals surface area contributed by atoms with E-state index in [1.807, 2.05) is 6.26 Å². The minimum atomic E-state index is -0.894.